The zero-order valence-corrected chi connectivity index (χ0v) is 20.4. The van der Waals surface area contributed by atoms with Gasteiger partial charge in [0.15, 0.2) is 0 Å². The fraction of sp³-hybridized carbons (Fsp3) is 0.550. The summed E-state index contributed by atoms with van der Waals surface area (Å²) < 4.78 is 17.2. The Morgan fingerprint density at radius 1 is 0.806 bits per heavy atom. The van der Waals surface area contributed by atoms with Crippen molar-refractivity contribution in [1.82, 2.24) is 19.6 Å². The van der Waals surface area contributed by atoms with Crippen molar-refractivity contribution in [3.8, 4) is 11.5 Å². The molecule has 6 N–H and O–H groups in total. The summed E-state index contributed by atoms with van der Waals surface area (Å²) in [6, 6.07) is 3.41. The first-order chi connectivity index (χ1) is 16.9. The fourth-order valence-corrected chi connectivity index (χ4v) is 4.30. The van der Waals surface area contributed by atoms with Crippen LogP contribution in [-0.2, 0) is 4.57 Å². The van der Waals surface area contributed by atoms with Crippen LogP contribution in [0, 0.1) is 0 Å². The quantitative estimate of drug-likeness (QED) is 0.214. The maximum Gasteiger partial charge on any atom is 0.407 e. The Labute approximate surface area is 206 Å². The molecule has 0 spiro atoms. The van der Waals surface area contributed by atoms with Gasteiger partial charge in [-0.3, -0.25) is 9.46 Å². The van der Waals surface area contributed by atoms with Crippen LogP contribution in [0.25, 0.3) is 0 Å². The van der Waals surface area contributed by atoms with Crippen molar-refractivity contribution in [3.05, 3.63) is 18.2 Å². The summed E-state index contributed by atoms with van der Waals surface area (Å²) in [4.78, 5) is 58.6. The predicted molar refractivity (Wildman–Crippen MR) is 125 cm³/mol. The van der Waals surface area contributed by atoms with Crippen molar-refractivity contribution in [2.24, 2.45) is 0 Å². The number of ether oxygens (including phenoxy) is 1. The van der Waals surface area contributed by atoms with Gasteiger partial charge in [0.05, 0.1) is 6.61 Å². The van der Waals surface area contributed by atoms with Crippen LogP contribution < -0.4 is 10.0 Å². The third kappa shape index (κ3) is 9.07. The molecule has 1 aliphatic rings. The second-order valence-corrected chi connectivity index (χ2v) is 9.62. The summed E-state index contributed by atoms with van der Waals surface area (Å²) >= 11 is 0. The molecule has 0 aliphatic carbocycles. The Balaban J connectivity index is 2.04. The van der Waals surface area contributed by atoms with Crippen LogP contribution in [0.3, 0.4) is 0 Å². The third-order valence-electron chi connectivity index (χ3n) is 5.60. The summed E-state index contributed by atoms with van der Waals surface area (Å²) in [7, 11) is -4.69. The van der Waals surface area contributed by atoms with E-state index in [4.69, 9.17) is 4.74 Å². The topological polar surface area (TPSA) is 212 Å². The van der Waals surface area contributed by atoms with Gasteiger partial charge in [-0.2, -0.15) is 0 Å². The second kappa shape index (κ2) is 13.2. The van der Waals surface area contributed by atoms with E-state index in [2.05, 4.69) is 0 Å². The average molecular weight is 534 g/mol. The smallest absolute Gasteiger partial charge is 0.407 e. The summed E-state index contributed by atoms with van der Waals surface area (Å²) in [5, 5.41) is 37.3. The molecule has 0 aromatic heterocycles. The standard InChI is InChI=1S/C20H31N4O11P/c25-15-2-3-16(17(14-15)36(32,33)34)35-13-1-4-21-5-7-22(18(26)27)9-11-24(20(30)31)12-10-23(8-6-21)19(28)29/h2-3,14,25H,1,4-13H2,(H,26,27)(H,28,29)(H,30,31)(H2,32,33,34). The monoisotopic (exact) mass is 534 g/mol. The molecule has 1 fully saturated rings. The minimum atomic E-state index is -4.69. The predicted octanol–water partition coefficient (Wildman–Crippen LogP) is 0.220. The molecule has 202 valence electrons. The number of carbonyl (C=O) groups is 3. The number of phenolic OH excluding ortho intramolecular Hbond substituents is 1. The molecule has 1 saturated heterocycles. The highest BCUT2D eigenvalue weighted by Gasteiger charge is 2.24. The average Bonchev–Trinajstić information content (AvgIpc) is 2.77. The Morgan fingerprint density at radius 3 is 1.67 bits per heavy atom. The molecule has 15 nitrogen and oxygen atoms in total. The van der Waals surface area contributed by atoms with Gasteiger partial charge in [-0.25, -0.2) is 14.4 Å². The number of carboxylic acid groups (broad SMARTS) is 3. The normalized spacial score (nSPS) is 16.7. The van der Waals surface area contributed by atoms with Crippen molar-refractivity contribution >= 4 is 31.2 Å². The molecule has 2 rings (SSSR count). The third-order valence-corrected chi connectivity index (χ3v) is 6.57. The molecular formula is C20H31N4O11P. The molecule has 1 aliphatic heterocycles. The van der Waals surface area contributed by atoms with Crippen LogP contribution in [0.15, 0.2) is 18.2 Å². The molecule has 0 unspecified atom stereocenters. The van der Waals surface area contributed by atoms with Crippen LogP contribution in [0.4, 0.5) is 14.4 Å². The van der Waals surface area contributed by atoms with E-state index in [-0.39, 0.29) is 70.5 Å². The number of amides is 3. The number of hydrogen-bond donors (Lipinski definition) is 6. The number of hydrogen-bond acceptors (Lipinski definition) is 7. The van der Waals surface area contributed by atoms with Gasteiger partial charge >= 0.3 is 25.9 Å². The Kier molecular flexibility index (Phi) is 10.6. The van der Waals surface area contributed by atoms with Gasteiger partial charge in [-0.15, -0.1) is 0 Å². The second-order valence-electron chi connectivity index (χ2n) is 8.05. The molecule has 1 heterocycles. The van der Waals surface area contributed by atoms with Crippen LogP contribution >= 0.6 is 7.60 Å². The molecule has 1 aromatic carbocycles. The first kappa shape index (κ1) is 29.0. The summed E-state index contributed by atoms with van der Waals surface area (Å²) in [5.41, 5.74) is 0. The maximum atomic E-state index is 11.7. The first-order valence-electron chi connectivity index (χ1n) is 11.1. The maximum absolute atomic E-state index is 11.7. The van der Waals surface area contributed by atoms with Crippen LogP contribution in [-0.4, -0.2) is 134 Å². The molecule has 0 saturated carbocycles. The van der Waals surface area contributed by atoms with E-state index in [1.54, 1.807) is 0 Å². The Morgan fingerprint density at radius 2 is 1.25 bits per heavy atom. The van der Waals surface area contributed by atoms with Crippen molar-refractivity contribution < 1.29 is 53.9 Å². The number of phenols is 1. The molecule has 0 radical (unpaired) electrons. The van der Waals surface area contributed by atoms with E-state index in [9.17, 15) is 49.2 Å². The van der Waals surface area contributed by atoms with Crippen molar-refractivity contribution in [1.29, 1.82) is 0 Å². The van der Waals surface area contributed by atoms with Gasteiger partial charge in [-0.1, -0.05) is 0 Å². The number of aromatic hydroxyl groups is 1. The molecule has 36 heavy (non-hydrogen) atoms. The van der Waals surface area contributed by atoms with E-state index in [0.717, 1.165) is 20.8 Å². The zero-order chi connectivity index (χ0) is 26.9. The lowest BCUT2D eigenvalue weighted by molar-refractivity contribution is 0.0976. The lowest BCUT2D eigenvalue weighted by Crippen LogP contribution is -2.49. The number of benzene rings is 1. The van der Waals surface area contributed by atoms with E-state index in [0.29, 0.717) is 13.0 Å². The minimum Gasteiger partial charge on any atom is -0.508 e. The molecule has 0 bridgehead atoms. The Hall–Kier alpha value is -3.26. The largest absolute Gasteiger partial charge is 0.508 e. The summed E-state index contributed by atoms with van der Waals surface area (Å²) in [6.07, 6.45) is -3.30. The number of nitrogens with zero attached hydrogens (tertiary/aromatic N) is 4. The lowest BCUT2D eigenvalue weighted by atomic mass is 10.3. The van der Waals surface area contributed by atoms with Crippen molar-refractivity contribution in [3.63, 3.8) is 0 Å². The summed E-state index contributed by atoms with van der Waals surface area (Å²) in [5.74, 6) is -0.399. The van der Waals surface area contributed by atoms with Crippen molar-refractivity contribution in [2.45, 2.75) is 6.42 Å². The van der Waals surface area contributed by atoms with Gasteiger partial charge < -0.3 is 49.6 Å². The van der Waals surface area contributed by atoms with Gasteiger partial charge in [-0.05, 0) is 24.6 Å². The van der Waals surface area contributed by atoms with Crippen molar-refractivity contribution in [2.75, 3.05) is 65.5 Å². The highest BCUT2D eigenvalue weighted by molar-refractivity contribution is 7.60. The van der Waals surface area contributed by atoms with Gasteiger partial charge in [0.2, 0.25) is 0 Å². The molecule has 0 atom stereocenters. The molecular weight excluding hydrogens is 503 g/mol. The lowest BCUT2D eigenvalue weighted by Gasteiger charge is -2.32. The minimum absolute atomic E-state index is 0.0487. The first-order valence-corrected chi connectivity index (χ1v) is 12.7. The van der Waals surface area contributed by atoms with Crippen LogP contribution in [0.2, 0.25) is 0 Å². The van der Waals surface area contributed by atoms with Crippen LogP contribution in [0.1, 0.15) is 6.42 Å². The highest BCUT2D eigenvalue weighted by Crippen LogP contribution is 2.38. The Bertz CT molecular complexity index is 943. The molecule has 16 heteroatoms. The SMILES string of the molecule is O=C(O)N1CCN(CCCOc2ccc(O)cc2P(=O)(O)O)CCN(C(=O)O)CCN(C(=O)O)CC1. The summed E-state index contributed by atoms with van der Waals surface area (Å²) in [6.45, 7) is 0.705. The van der Waals surface area contributed by atoms with Gasteiger partial charge in [0.1, 0.15) is 16.8 Å². The van der Waals surface area contributed by atoms with E-state index >= 15 is 0 Å². The van der Waals surface area contributed by atoms with E-state index < -0.39 is 31.2 Å². The van der Waals surface area contributed by atoms with Crippen LogP contribution in [0.5, 0.6) is 11.5 Å². The van der Waals surface area contributed by atoms with E-state index in [1.165, 1.54) is 12.1 Å². The highest BCUT2D eigenvalue weighted by atomic mass is 31.2. The fourth-order valence-electron chi connectivity index (χ4n) is 3.58. The van der Waals surface area contributed by atoms with E-state index in [1.807, 2.05) is 4.90 Å². The molecule has 3 amide bonds. The number of rotatable bonds is 6. The zero-order valence-electron chi connectivity index (χ0n) is 19.5. The van der Waals surface area contributed by atoms with Gasteiger partial charge in [0.25, 0.3) is 0 Å². The van der Waals surface area contributed by atoms with Gasteiger partial charge in [0, 0.05) is 58.9 Å². The molecule has 1 aromatic rings.